The molecule has 1 aromatic carbocycles. The van der Waals surface area contributed by atoms with E-state index in [4.69, 9.17) is 19.4 Å². The van der Waals surface area contributed by atoms with Crippen molar-refractivity contribution in [3.8, 4) is 22.5 Å². The number of hydrazine groups is 1. The van der Waals surface area contributed by atoms with Crippen molar-refractivity contribution in [2.45, 2.75) is 135 Å². The van der Waals surface area contributed by atoms with Crippen molar-refractivity contribution in [2.24, 2.45) is 16.7 Å². The summed E-state index contributed by atoms with van der Waals surface area (Å²) >= 11 is 1.33. The molecule has 0 radical (unpaired) electrons. The van der Waals surface area contributed by atoms with Gasteiger partial charge in [-0.05, 0) is 88.1 Å². The van der Waals surface area contributed by atoms with Crippen molar-refractivity contribution in [3.63, 3.8) is 0 Å². The summed E-state index contributed by atoms with van der Waals surface area (Å²) in [7, 11) is 4.98. The molecule has 9 heterocycles. The first kappa shape index (κ1) is 59.0. The number of carbonyl (C=O) groups is 5. The lowest BCUT2D eigenvalue weighted by molar-refractivity contribution is -0.155. The summed E-state index contributed by atoms with van der Waals surface area (Å²) in [5.74, 6) is -1.45. The van der Waals surface area contributed by atoms with E-state index in [1.165, 1.54) is 38.7 Å². The third-order valence-corrected chi connectivity index (χ3v) is 19.2. The summed E-state index contributed by atoms with van der Waals surface area (Å²) in [4.78, 5) is 92.5. The van der Waals surface area contributed by atoms with E-state index in [1.807, 2.05) is 61.9 Å². The summed E-state index contributed by atoms with van der Waals surface area (Å²) in [6.45, 7) is 15.1. The summed E-state index contributed by atoms with van der Waals surface area (Å²) in [6.07, 6.45) is 1.74. The fourth-order valence-electron chi connectivity index (χ4n) is 13.5. The third-order valence-electron chi connectivity index (χ3n) is 18.3. The topological polar surface area (TPSA) is 181 Å². The molecule has 11 rings (SSSR count). The molecule has 2 N–H and O–H groups in total. The molecule has 5 saturated heterocycles. The van der Waals surface area contributed by atoms with Gasteiger partial charge in [-0.1, -0.05) is 33.8 Å². The molecule has 3 aromatic heterocycles. The molecule has 7 aliphatic rings. The van der Waals surface area contributed by atoms with Crippen LogP contribution in [0.5, 0.6) is 0 Å². The maximum atomic E-state index is 15.2. The van der Waals surface area contributed by atoms with Crippen molar-refractivity contribution in [3.05, 3.63) is 52.1 Å². The number of piperazine rings is 1. The van der Waals surface area contributed by atoms with Crippen LogP contribution in [0.15, 0.2) is 35.8 Å². The molecule has 6 fully saturated rings. The van der Waals surface area contributed by atoms with E-state index in [-0.39, 0.29) is 67.6 Å². The Labute approximate surface area is 488 Å². The summed E-state index contributed by atoms with van der Waals surface area (Å²) in [6, 6.07) is 5.12. The number of ether oxygens (including phenoxy) is 2. The normalized spacial score (nSPS) is 26.1. The Morgan fingerprint density at radius 3 is 2.46 bits per heavy atom. The van der Waals surface area contributed by atoms with Crippen LogP contribution in [0.2, 0.25) is 0 Å². The van der Waals surface area contributed by atoms with E-state index in [0.29, 0.717) is 101 Å². The molecule has 2 unspecified atom stereocenters. The van der Waals surface area contributed by atoms with Crippen LogP contribution in [0.4, 0.5) is 18.9 Å². The smallest absolute Gasteiger partial charge is 0.406 e. The Bertz CT molecular complexity index is 3120. The number of carbonyl (C=O) groups excluding carboxylic acids is 5. The predicted octanol–water partition coefficient (Wildman–Crippen LogP) is 5.75. The number of likely N-dealkylation sites (tertiary alicyclic amines) is 2. The second kappa shape index (κ2) is 23.3. The number of hydrogen-bond acceptors (Lipinski definition) is 15. The number of esters is 1. The van der Waals surface area contributed by atoms with Crippen molar-refractivity contribution in [1.29, 1.82) is 0 Å². The Morgan fingerprint density at radius 1 is 0.988 bits per heavy atom. The molecule has 6 aliphatic heterocycles. The first-order chi connectivity index (χ1) is 39.5. The van der Waals surface area contributed by atoms with Gasteiger partial charge in [0.25, 0.3) is 5.91 Å². The molecular formula is C60H81F3N12O7S. The molecule has 83 heavy (non-hydrogen) atoms. The zero-order chi connectivity index (χ0) is 58.9. The molecule has 4 aromatic rings. The van der Waals surface area contributed by atoms with E-state index in [1.54, 1.807) is 39.5 Å². The van der Waals surface area contributed by atoms with Gasteiger partial charge in [0, 0.05) is 131 Å². The number of amides is 4. The van der Waals surface area contributed by atoms with Gasteiger partial charge in [-0.25, -0.2) is 10.4 Å². The number of halogens is 3. The number of cyclic esters (lactones) is 1. The number of aromatic nitrogens is 3. The maximum absolute atomic E-state index is 15.2. The molecule has 4 amide bonds. The first-order valence-corrected chi connectivity index (χ1v) is 30.6. The van der Waals surface area contributed by atoms with Gasteiger partial charge < -0.3 is 34.1 Å². The number of fused-ring (bicyclic) bond motifs is 6. The minimum atomic E-state index is -4.61. The van der Waals surface area contributed by atoms with Crippen molar-refractivity contribution >= 4 is 57.5 Å². The highest BCUT2D eigenvalue weighted by atomic mass is 32.1. The number of anilines is 1. The average molecular weight is 1170 g/mol. The standard InChI is InChI=1S/C60H81F3N12O7S/c1-36(2)52(71-18-15-59(32-71)16-19-72(33-59)56(79)48-29-73(48)30-50(76)68(6)7)54(77)66-45-26-49-65-46(31-83-49)38-11-14-47-41(24-38)43(27-58(4,5)35-82-57(80)44-10-9-17-75(67-44)55(45)78)53(74(47)34-60(61,62)63)42-25-40(28-64-51(42)37(3)81-8)70-22-20-69(21-23-70)39-12-13-39/h11,14,24-25,28,31,36-37,39,44-45,48,52,67H,9-10,12-13,15-23,26-27,29-30,32-35H2,1-8H3,(H,66,77)/t37-,44-,45-,48+,52?,59-,73?/m0/s1. The molecule has 1 aliphatic carbocycles. The SMILES string of the molecule is CO[C@@H](C)c1ncc(N2CCN(C3CC3)CC2)cc1-c1c2c3cc(ccc3n1CC(F)(F)F)-c1csc(n1)C[C@H](NC(=O)C(C(C)C)N1CC[C@]3(CCN(C(=O)[C@H]4CN4CC(=O)N(C)C)C3)C1)C(=O)N1CCC[C@H](N1)C(=O)OCC(C)(C)C2. The van der Waals surface area contributed by atoms with Crippen molar-refractivity contribution in [1.82, 2.24) is 54.8 Å². The number of benzene rings is 1. The molecule has 1 spiro atoms. The Balaban J connectivity index is 0.913. The number of thiazole rings is 1. The monoisotopic (exact) mass is 1170 g/mol. The number of alkyl halides is 3. The van der Waals surface area contributed by atoms with Crippen LogP contribution in [-0.2, 0) is 52.8 Å². The molecule has 23 heteroatoms. The van der Waals surface area contributed by atoms with E-state index < -0.39 is 54.2 Å². The minimum absolute atomic E-state index is 0.0277. The molecule has 7 atom stereocenters. The van der Waals surface area contributed by atoms with E-state index in [9.17, 15) is 24.0 Å². The Kier molecular flexibility index (Phi) is 16.6. The second-order valence-electron chi connectivity index (χ2n) is 25.8. The number of hydrogen-bond donors (Lipinski definition) is 2. The van der Waals surface area contributed by atoms with Crippen molar-refractivity contribution < 1.29 is 46.6 Å². The number of likely N-dealkylation sites (N-methyl/N-ethyl adjacent to an activating group) is 1. The van der Waals surface area contributed by atoms with Crippen LogP contribution in [0, 0.1) is 16.7 Å². The predicted molar refractivity (Wildman–Crippen MR) is 309 cm³/mol. The fraction of sp³-hybridized carbons (Fsp3) is 0.650. The highest BCUT2D eigenvalue weighted by Crippen LogP contribution is 2.45. The van der Waals surface area contributed by atoms with Crippen LogP contribution in [0.1, 0.15) is 95.5 Å². The summed E-state index contributed by atoms with van der Waals surface area (Å²) in [5.41, 5.74) is 6.59. The van der Waals surface area contributed by atoms with Gasteiger partial charge in [-0.15, -0.1) is 11.3 Å². The number of nitrogens with one attached hydrogen (secondary N) is 2. The lowest BCUT2D eigenvalue weighted by Crippen LogP contribution is -2.62. The van der Waals surface area contributed by atoms with E-state index >= 15 is 13.2 Å². The van der Waals surface area contributed by atoms with Crippen LogP contribution < -0.4 is 15.6 Å². The highest BCUT2D eigenvalue weighted by Gasteiger charge is 2.52. The van der Waals surface area contributed by atoms with Crippen LogP contribution >= 0.6 is 11.3 Å². The molecule has 1 saturated carbocycles. The van der Waals surface area contributed by atoms with Gasteiger partial charge in [0.05, 0.1) is 59.3 Å². The zero-order valence-corrected chi connectivity index (χ0v) is 50.0. The Morgan fingerprint density at radius 2 is 1.75 bits per heavy atom. The van der Waals surface area contributed by atoms with E-state index in [0.717, 1.165) is 44.7 Å². The first-order valence-electron chi connectivity index (χ1n) is 29.7. The largest absolute Gasteiger partial charge is 0.464 e. The quantitative estimate of drug-likeness (QED) is 0.122. The lowest BCUT2D eigenvalue weighted by atomic mass is 9.84. The van der Waals surface area contributed by atoms with Gasteiger partial charge >= 0.3 is 12.1 Å². The summed E-state index contributed by atoms with van der Waals surface area (Å²) < 4.78 is 58.9. The zero-order valence-electron chi connectivity index (χ0n) is 49.2. The fourth-order valence-corrected chi connectivity index (χ4v) is 14.3. The van der Waals surface area contributed by atoms with Crippen LogP contribution in [0.25, 0.3) is 33.4 Å². The maximum Gasteiger partial charge on any atom is 0.406 e. The number of methoxy groups -OCH3 is 1. The van der Waals surface area contributed by atoms with Crippen LogP contribution in [0.3, 0.4) is 0 Å². The number of nitrogens with zero attached hydrogens (tertiary/aromatic N) is 10. The highest BCUT2D eigenvalue weighted by molar-refractivity contribution is 7.10. The minimum Gasteiger partial charge on any atom is -0.464 e. The molecule has 6 bridgehead atoms. The lowest BCUT2D eigenvalue weighted by Gasteiger charge is -2.37. The van der Waals surface area contributed by atoms with Gasteiger partial charge in [0.1, 0.15) is 24.7 Å². The van der Waals surface area contributed by atoms with Gasteiger partial charge in [0.2, 0.25) is 17.7 Å². The number of rotatable bonds is 13. The molecule has 19 nitrogen and oxygen atoms in total. The van der Waals surface area contributed by atoms with E-state index in [2.05, 4.69) is 25.4 Å². The Hall–Kier alpha value is -5.72. The molecule has 450 valence electrons. The van der Waals surface area contributed by atoms with Gasteiger partial charge in [0.15, 0.2) is 0 Å². The average Bonchev–Trinajstić information content (AvgIpc) is 4.06. The van der Waals surface area contributed by atoms with Gasteiger partial charge in [-0.3, -0.25) is 48.7 Å². The second-order valence-corrected chi connectivity index (χ2v) is 26.8. The van der Waals surface area contributed by atoms with Gasteiger partial charge in [-0.2, -0.15) is 13.2 Å². The molecular weight excluding hydrogens is 1090 g/mol. The van der Waals surface area contributed by atoms with Crippen molar-refractivity contribution in [2.75, 3.05) is 105 Å². The third kappa shape index (κ3) is 12.7. The van der Waals surface area contributed by atoms with Crippen LogP contribution in [-0.4, -0.2) is 210 Å². The summed E-state index contributed by atoms with van der Waals surface area (Å²) in [5, 5.41) is 7.61. The number of pyridine rings is 1.